The molecule has 0 saturated carbocycles. The van der Waals surface area contributed by atoms with Gasteiger partial charge in [0.1, 0.15) is 24.0 Å². The molecule has 0 aliphatic carbocycles. The molecule has 4 rings (SSSR count). The zero-order chi connectivity index (χ0) is 19.2. The number of benzene rings is 2. The maximum absolute atomic E-state index is 12.7. The molecule has 0 spiro atoms. The maximum Gasteiger partial charge on any atom is 0.199 e. The number of carbonyl (C=O) groups excluding carboxylic acids is 1. The summed E-state index contributed by atoms with van der Waals surface area (Å²) in [6.45, 7) is 0. The lowest BCUT2D eigenvalue weighted by molar-refractivity contribution is 0.103. The van der Waals surface area contributed by atoms with Crippen LogP contribution < -0.4 is 0 Å². The topological polar surface area (TPSA) is 43.4 Å². The van der Waals surface area contributed by atoms with E-state index in [-0.39, 0.29) is 5.78 Å². The number of aryl methyl sites for hydroxylation is 4. The van der Waals surface area contributed by atoms with E-state index < -0.39 is 0 Å². The lowest BCUT2D eigenvalue weighted by atomic mass is 10.1. The van der Waals surface area contributed by atoms with E-state index in [2.05, 4.69) is 24.3 Å². The van der Waals surface area contributed by atoms with E-state index in [4.69, 9.17) is 8.83 Å². The fourth-order valence-corrected chi connectivity index (χ4v) is 3.25. The standard InChI is InChI=1S/C25H22O3/c26-25(21-15-23(27-17-21)13-11-19-7-3-1-4-8-19)22-16-24(28-18-22)14-12-20-9-5-2-6-10-20/h1-10,15-18H,11-14H2. The Morgan fingerprint density at radius 1 is 0.607 bits per heavy atom. The Labute approximate surface area is 164 Å². The van der Waals surface area contributed by atoms with Crippen LogP contribution in [0.2, 0.25) is 0 Å². The highest BCUT2D eigenvalue weighted by molar-refractivity contribution is 6.08. The van der Waals surface area contributed by atoms with Gasteiger partial charge >= 0.3 is 0 Å². The van der Waals surface area contributed by atoms with Crippen molar-refractivity contribution < 1.29 is 13.6 Å². The van der Waals surface area contributed by atoms with Gasteiger partial charge in [-0.25, -0.2) is 0 Å². The van der Waals surface area contributed by atoms with Crippen LogP contribution in [0.1, 0.15) is 38.6 Å². The Kier molecular flexibility index (Phi) is 5.53. The second kappa shape index (κ2) is 8.57. The highest BCUT2D eigenvalue weighted by Crippen LogP contribution is 2.18. The number of hydrogen-bond donors (Lipinski definition) is 0. The van der Waals surface area contributed by atoms with Gasteiger partial charge in [0.05, 0.1) is 11.1 Å². The van der Waals surface area contributed by atoms with Crippen molar-refractivity contribution in [1.29, 1.82) is 0 Å². The van der Waals surface area contributed by atoms with E-state index in [1.807, 2.05) is 48.5 Å². The molecule has 0 radical (unpaired) electrons. The van der Waals surface area contributed by atoms with Gasteiger partial charge in [0.15, 0.2) is 5.78 Å². The molecule has 2 heterocycles. The van der Waals surface area contributed by atoms with E-state index in [1.165, 1.54) is 11.1 Å². The van der Waals surface area contributed by atoms with Crippen molar-refractivity contribution >= 4 is 5.78 Å². The number of carbonyl (C=O) groups is 1. The van der Waals surface area contributed by atoms with Crippen LogP contribution in [0.15, 0.2) is 94.2 Å². The average Bonchev–Trinajstić information content (AvgIpc) is 3.42. The van der Waals surface area contributed by atoms with Crippen molar-refractivity contribution in [2.75, 3.05) is 0 Å². The quantitative estimate of drug-likeness (QED) is 0.375. The first-order valence-electron chi connectivity index (χ1n) is 9.55. The van der Waals surface area contributed by atoms with Gasteiger partial charge in [0.25, 0.3) is 0 Å². The summed E-state index contributed by atoms with van der Waals surface area (Å²) in [7, 11) is 0. The van der Waals surface area contributed by atoms with Crippen molar-refractivity contribution in [2.24, 2.45) is 0 Å². The SMILES string of the molecule is O=C(c1coc(CCc2ccccc2)c1)c1coc(CCc2ccccc2)c1. The minimum Gasteiger partial charge on any atom is -0.469 e. The van der Waals surface area contributed by atoms with Crippen LogP contribution in [0.4, 0.5) is 0 Å². The molecule has 2 aromatic heterocycles. The third-order valence-corrected chi connectivity index (χ3v) is 4.84. The highest BCUT2D eigenvalue weighted by atomic mass is 16.3. The first-order valence-corrected chi connectivity index (χ1v) is 9.55. The molecule has 3 heteroatoms. The van der Waals surface area contributed by atoms with Crippen LogP contribution >= 0.6 is 0 Å². The molecule has 2 aromatic carbocycles. The number of furan rings is 2. The molecule has 3 nitrogen and oxygen atoms in total. The third kappa shape index (κ3) is 4.49. The molecule has 0 saturated heterocycles. The van der Waals surface area contributed by atoms with Gasteiger partial charge < -0.3 is 8.83 Å². The smallest absolute Gasteiger partial charge is 0.199 e. The van der Waals surface area contributed by atoms with Crippen molar-refractivity contribution in [1.82, 2.24) is 0 Å². The van der Waals surface area contributed by atoms with Gasteiger partial charge in [-0.05, 0) is 36.1 Å². The van der Waals surface area contributed by atoms with Crippen molar-refractivity contribution in [3.8, 4) is 0 Å². The predicted octanol–water partition coefficient (Wildman–Crippen LogP) is 5.67. The molecule has 28 heavy (non-hydrogen) atoms. The summed E-state index contributed by atoms with van der Waals surface area (Å²) >= 11 is 0. The minimum absolute atomic E-state index is 0.0653. The van der Waals surface area contributed by atoms with Crippen LogP contribution in [0, 0.1) is 0 Å². The molecule has 0 fully saturated rings. The molecule has 0 aliphatic rings. The number of hydrogen-bond acceptors (Lipinski definition) is 3. The minimum atomic E-state index is -0.0653. The number of ketones is 1. The van der Waals surface area contributed by atoms with E-state index in [0.29, 0.717) is 11.1 Å². The van der Waals surface area contributed by atoms with Crippen LogP contribution in [0.5, 0.6) is 0 Å². The van der Waals surface area contributed by atoms with Gasteiger partial charge in [-0.3, -0.25) is 4.79 Å². The molecule has 0 atom stereocenters. The van der Waals surface area contributed by atoms with Gasteiger partial charge in [-0.2, -0.15) is 0 Å². The monoisotopic (exact) mass is 370 g/mol. The molecule has 4 aromatic rings. The zero-order valence-electron chi connectivity index (χ0n) is 15.6. The fourth-order valence-electron chi connectivity index (χ4n) is 3.25. The van der Waals surface area contributed by atoms with Crippen molar-refractivity contribution in [3.63, 3.8) is 0 Å². The van der Waals surface area contributed by atoms with Gasteiger partial charge in [-0.15, -0.1) is 0 Å². The van der Waals surface area contributed by atoms with Crippen LogP contribution in [-0.4, -0.2) is 5.78 Å². The van der Waals surface area contributed by atoms with E-state index in [1.54, 1.807) is 12.5 Å². The Morgan fingerprint density at radius 3 is 1.46 bits per heavy atom. The van der Waals surface area contributed by atoms with Gasteiger partial charge in [-0.1, -0.05) is 60.7 Å². The molecule has 0 N–H and O–H groups in total. The summed E-state index contributed by atoms with van der Waals surface area (Å²) in [5.41, 5.74) is 3.64. The molecular formula is C25H22O3. The second-order valence-electron chi connectivity index (χ2n) is 6.90. The largest absolute Gasteiger partial charge is 0.469 e. The zero-order valence-corrected chi connectivity index (χ0v) is 15.6. The molecule has 0 unspecified atom stereocenters. The van der Waals surface area contributed by atoms with Gasteiger partial charge in [0.2, 0.25) is 0 Å². The summed E-state index contributed by atoms with van der Waals surface area (Å²) in [4.78, 5) is 12.7. The maximum atomic E-state index is 12.7. The summed E-state index contributed by atoms with van der Waals surface area (Å²) in [5, 5.41) is 0. The Morgan fingerprint density at radius 2 is 1.04 bits per heavy atom. The Bertz CT molecular complexity index is 942. The summed E-state index contributed by atoms with van der Waals surface area (Å²) in [6.07, 6.45) is 6.39. The molecule has 0 amide bonds. The third-order valence-electron chi connectivity index (χ3n) is 4.84. The van der Waals surface area contributed by atoms with E-state index in [9.17, 15) is 4.79 Å². The Balaban J connectivity index is 1.35. The average molecular weight is 370 g/mol. The molecule has 0 bridgehead atoms. The lowest BCUT2D eigenvalue weighted by Crippen LogP contribution is -1.97. The van der Waals surface area contributed by atoms with Crippen molar-refractivity contribution in [3.05, 3.63) is 119 Å². The second-order valence-corrected chi connectivity index (χ2v) is 6.90. The van der Waals surface area contributed by atoms with Crippen LogP contribution in [0.3, 0.4) is 0 Å². The molecule has 0 aliphatic heterocycles. The molecule has 140 valence electrons. The fraction of sp³-hybridized carbons (Fsp3) is 0.160. The summed E-state index contributed by atoms with van der Waals surface area (Å²) in [6, 6.07) is 24.2. The first kappa shape index (κ1) is 18.1. The predicted molar refractivity (Wildman–Crippen MR) is 109 cm³/mol. The van der Waals surface area contributed by atoms with Crippen LogP contribution in [-0.2, 0) is 25.7 Å². The molecular weight excluding hydrogens is 348 g/mol. The van der Waals surface area contributed by atoms with E-state index >= 15 is 0 Å². The lowest BCUT2D eigenvalue weighted by Gasteiger charge is -1.98. The van der Waals surface area contributed by atoms with Crippen LogP contribution in [0.25, 0.3) is 0 Å². The number of rotatable bonds is 8. The highest BCUT2D eigenvalue weighted by Gasteiger charge is 2.15. The van der Waals surface area contributed by atoms with Gasteiger partial charge in [0, 0.05) is 12.8 Å². The van der Waals surface area contributed by atoms with Crippen molar-refractivity contribution in [2.45, 2.75) is 25.7 Å². The summed E-state index contributed by atoms with van der Waals surface area (Å²) in [5.74, 6) is 1.57. The first-order chi connectivity index (χ1) is 13.8. The summed E-state index contributed by atoms with van der Waals surface area (Å²) < 4.78 is 11.2. The Hall–Kier alpha value is -3.33. The normalized spacial score (nSPS) is 10.9. The van der Waals surface area contributed by atoms with E-state index in [0.717, 1.165) is 37.2 Å².